The number of fused-ring (bicyclic) bond motifs is 1. The Kier molecular flexibility index (Phi) is 7.27. The lowest BCUT2D eigenvalue weighted by Crippen LogP contribution is -2.49. The summed E-state index contributed by atoms with van der Waals surface area (Å²) < 4.78 is 56.4. The molecule has 0 saturated carbocycles. The lowest BCUT2D eigenvalue weighted by Gasteiger charge is -2.36. The molecule has 1 aromatic carbocycles. The Morgan fingerprint density at radius 2 is 1.83 bits per heavy atom. The SMILES string of the molecule is COc1cc([C@H](N2CCNCC2)C(F)(F)F)cc2c1OCO2.Cl.Cl. The molecule has 0 radical (unpaired) electrons. The lowest BCUT2D eigenvalue weighted by atomic mass is 10.0. The van der Waals surface area contributed by atoms with Crippen LogP contribution in [0.15, 0.2) is 12.1 Å². The van der Waals surface area contributed by atoms with Crippen molar-refractivity contribution in [2.75, 3.05) is 40.1 Å². The first-order chi connectivity index (χ1) is 10.5. The number of benzene rings is 1. The molecule has 1 fully saturated rings. The van der Waals surface area contributed by atoms with Crippen molar-refractivity contribution in [3.63, 3.8) is 0 Å². The summed E-state index contributed by atoms with van der Waals surface area (Å²) in [6, 6.07) is 1.09. The van der Waals surface area contributed by atoms with E-state index in [1.165, 1.54) is 24.1 Å². The van der Waals surface area contributed by atoms with E-state index in [4.69, 9.17) is 14.2 Å². The van der Waals surface area contributed by atoms with Gasteiger partial charge in [0.05, 0.1) is 7.11 Å². The quantitative estimate of drug-likeness (QED) is 0.859. The van der Waals surface area contributed by atoms with Crippen LogP contribution in [0, 0.1) is 0 Å². The van der Waals surface area contributed by atoms with E-state index in [1.807, 2.05) is 0 Å². The molecule has 10 heteroatoms. The second kappa shape index (κ2) is 8.33. The number of halogens is 5. The summed E-state index contributed by atoms with van der Waals surface area (Å²) in [5.74, 6) is 0.903. The highest BCUT2D eigenvalue weighted by Crippen LogP contribution is 2.46. The number of hydrogen-bond donors (Lipinski definition) is 1. The fourth-order valence-corrected chi connectivity index (χ4v) is 2.85. The van der Waals surface area contributed by atoms with Gasteiger partial charge < -0.3 is 19.5 Å². The van der Waals surface area contributed by atoms with Gasteiger partial charge in [0.1, 0.15) is 6.04 Å². The number of methoxy groups -OCH3 is 1. The minimum atomic E-state index is -4.38. The lowest BCUT2D eigenvalue weighted by molar-refractivity contribution is -0.187. The van der Waals surface area contributed by atoms with Crippen molar-refractivity contribution in [2.24, 2.45) is 0 Å². The molecule has 2 aliphatic rings. The smallest absolute Gasteiger partial charge is 0.408 e. The van der Waals surface area contributed by atoms with Gasteiger partial charge in [-0.05, 0) is 17.7 Å². The van der Waals surface area contributed by atoms with Gasteiger partial charge in [0.25, 0.3) is 0 Å². The van der Waals surface area contributed by atoms with Crippen molar-refractivity contribution in [1.82, 2.24) is 10.2 Å². The van der Waals surface area contributed by atoms with E-state index in [1.54, 1.807) is 0 Å². The minimum absolute atomic E-state index is 0. The zero-order chi connectivity index (χ0) is 15.7. The molecule has 2 aliphatic heterocycles. The molecule has 0 spiro atoms. The topological polar surface area (TPSA) is 43.0 Å². The standard InChI is InChI=1S/C14H17F3N2O3.2ClH/c1-20-10-6-9(7-11-12(10)22-8-21-11)13(14(15,16)17)19-4-2-18-3-5-19;;/h6-7,13,18H,2-5,8H2,1H3;2*1H/t13-;;/m0../s1. The average molecular weight is 391 g/mol. The van der Waals surface area contributed by atoms with Gasteiger partial charge in [0, 0.05) is 26.2 Å². The molecule has 0 amide bonds. The van der Waals surface area contributed by atoms with Crippen LogP contribution in [0.3, 0.4) is 0 Å². The number of ether oxygens (including phenoxy) is 3. The zero-order valence-corrected chi connectivity index (χ0v) is 14.5. The zero-order valence-electron chi connectivity index (χ0n) is 12.9. The summed E-state index contributed by atoms with van der Waals surface area (Å²) in [4.78, 5) is 1.42. The average Bonchev–Trinajstić information content (AvgIpc) is 2.94. The highest BCUT2D eigenvalue weighted by Gasteiger charge is 2.45. The maximum atomic E-state index is 13.6. The molecule has 1 aromatic rings. The van der Waals surface area contributed by atoms with E-state index < -0.39 is 12.2 Å². The largest absolute Gasteiger partial charge is 0.493 e. The van der Waals surface area contributed by atoms with Crippen LogP contribution in [0.5, 0.6) is 17.2 Å². The molecule has 1 N–H and O–H groups in total. The fourth-order valence-electron chi connectivity index (χ4n) is 2.85. The summed E-state index contributed by atoms with van der Waals surface area (Å²) in [7, 11) is 1.40. The minimum Gasteiger partial charge on any atom is -0.493 e. The third-order valence-electron chi connectivity index (χ3n) is 3.82. The number of alkyl halides is 3. The van der Waals surface area contributed by atoms with Crippen LogP contribution in [0.2, 0.25) is 0 Å². The number of nitrogens with zero attached hydrogens (tertiary/aromatic N) is 1. The molecule has 0 aromatic heterocycles. The van der Waals surface area contributed by atoms with Gasteiger partial charge in [-0.1, -0.05) is 0 Å². The molecule has 5 nitrogen and oxygen atoms in total. The van der Waals surface area contributed by atoms with Crippen LogP contribution in [0.25, 0.3) is 0 Å². The normalized spacial score (nSPS) is 18.3. The second-order valence-corrected chi connectivity index (χ2v) is 5.19. The Hall–Kier alpha value is -1.09. The van der Waals surface area contributed by atoms with Gasteiger partial charge in [0.15, 0.2) is 11.5 Å². The van der Waals surface area contributed by atoms with E-state index in [0.29, 0.717) is 37.7 Å². The highest BCUT2D eigenvalue weighted by atomic mass is 35.5. The van der Waals surface area contributed by atoms with E-state index >= 15 is 0 Å². The van der Waals surface area contributed by atoms with E-state index in [2.05, 4.69) is 5.32 Å². The van der Waals surface area contributed by atoms with Crippen LogP contribution in [-0.2, 0) is 0 Å². The predicted molar refractivity (Wildman–Crippen MR) is 86.9 cm³/mol. The molecule has 24 heavy (non-hydrogen) atoms. The molecule has 138 valence electrons. The van der Waals surface area contributed by atoms with Crippen molar-refractivity contribution in [2.45, 2.75) is 12.2 Å². The first-order valence-electron chi connectivity index (χ1n) is 6.99. The van der Waals surface area contributed by atoms with Gasteiger partial charge in [-0.3, -0.25) is 4.90 Å². The van der Waals surface area contributed by atoms with Crippen LogP contribution < -0.4 is 19.5 Å². The molecule has 1 saturated heterocycles. The number of rotatable bonds is 3. The van der Waals surface area contributed by atoms with Gasteiger partial charge in [0.2, 0.25) is 12.5 Å². The summed E-state index contributed by atoms with van der Waals surface area (Å²) in [5, 5.41) is 3.06. The maximum Gasteiger partial charge on any atom is 0.408 e. The summed E-state index contributed by atoms with van der Waals surface area (Å²) >= 11 is 0. The maximum absolute atomic E-state index is 13.6. The molecule has 1 atom stereocenters. The van der Waals surface area contributed by atoms with Crippen molar-refractivity contribution in [1.29, 1.82) is 0 Å². The summed E-state index contributed by atoms with van der Waals surface area (Å²) in [5.41, 5.74) is 0.107. The Morgan fingerprint density at radius 3 is 2.42 bits per heavy atom. The van der Waals surface area contributed by atoms with Crippen LogP contribution in [0.4, 0.5) is 13.2 Å². The molecule has 2 heterocycles. The van der Waals surface area contributed by atoms with Crippen molar-refractivity contribution < 1.29 is 27.4 Å². The summed E-state index contributed by atoms with van der Waals surface area (Å²) in [6.45, 7) is 1.73. The fraction of sp³-hybridized carbons (Fsp3) is 0.571. The van der Waals surface area contributed by atoms with E-state index in [9.17, 15) is 13.2 Å². The molecule has 0 unspecified atom stereocenters. The Balaban J connectivity index is 0.00000144. The predicted octanol–water partition coefficient (Wildman–Crippen LogP) is 2.78. The van der Waals surface area contributed by atoms with Crippen molar-refractivity contribution in [3.05, 3.63) is 17.7 Å². The van der Waals surface area contributed by atoms with Crippen molar-refractivity contribution >= 4 is 24.8 Å². The molecule has 0 aliphatic carbocycles. The molecule has 3 rings (SSSR count). The second-order valence-electron chi connectivity index (χ2n) is 5.19. The Bertz CT molecular complexity index is 555. The van der Waals surface area contributed by atoms with Gasteiger partial charge in [-0.15, -0.1) is 24.8 Å². The van der Waals surface area contributed by atoms with Gasteiger partial charge >= 0.3 is 6.18 Å². The highest BCUT2D eigenvalue weighted by molar-refractivity contribution is 5.85. The monoisotopic (exact) mass is 390 g/mol. The Labute approximate surface area is 150 Å². The Morgan fingerprint density at radius 1 is 1.17 bits per heavy atom. The first-order valence-corrected chi connectivity index (χ1v) is 6.99. The van der Waals surface area contributed by atoms with E-state index in [0.717, 1.165) is 0 Å². The number of hydrogen-bond acceptors (Lipinski definition) is 5. The van der Waals surface area contributed by atoms with Crippen LogP contribution >= 0.6 is 24.8 Å². The van der Waals surface area contributed by atoms with Crippen LogP contribution in [-0.4, -0.2) is 51.2 Å². The van der Waals surface area contributed by atoms with Gasteiger partial charge in [-0.25, -0.2) is 0 Å². The summed E-state index contributed by atoms with van der Waals surface area (Å²) in [6.07, 6.45) is -4.38. The van der Waals surface area contributed by atoms with Crippen LogP contribution in [0.1, 0.15) is 11.6 Å². The van der Waals surface area contributed by atoms with E-state index in [-0.39, 0.29) is 42.9 Å². The molecular weight excluding hydrogens is 372 g/mol. The first kappa shape index (κ1) is 21.0. The third kappa shape index (κ3) is 4.11. The van der Waals surface area contributed by atoms with Gasteiger partial charge in [-0.2, -0.15) is 13.2 Å². The number of nitrogens with one attached hydrogen (secondary N) is 1. The number of piperazine rings is 1. The third-order valence-corrected chi connectivity index (χ3v) is 3.82. The van der Waals surface area contributed by atoms with Crippen molar-refractivity contribution in [3.8, 4) is 17.2 Å². The molecule has 0 bridgehead atoms. The molecular formula is C14H19Cl2F3N2O3.